The van der Waals surface area contributed by atoms with Gasteiger partial charge in [-0.2, -0.15) is 0 Å². The average Bonchev–Trinajstić information content (AvgIpc) is 2.92. The molecule has 0 spiro atoms. The highest BCUT2D eigenvalue weighted by molar-refractivity contribution is 6.55. The molecule has 0 bridgehead atoms. The van der Waals surface area contributed by atoms with E-state index in [9.17, 15) is 4.79 Å². The Morgan fingerprint density at radius 1 is 1.30 bits per heavy atom. The van der Waals surface area contributed by atoms with Crippen LogP contribution in [0.5, 0.6) is 0 Å². The number of anilines is 1. The van der Waals surface area contributed by atoms with Crippen molar-refractivity contribution in [1.29, 1.82) is 0 Å². The minimum atomic E-state index is -0.0890. The highest BCUT2D eigenvalue weighted by atomic mass is 35.5. The molecule has 0 unspecified atom stereocenters. The molecule has 108 valence electrons. The second kappa shape index (κ2) is 5.79. The predicted octanol–water partition coefficient (Wildman–Crippen LogP) is 4.63. The van der Waals surface area contributed by atoms with E-state index >= 15 is 0 Å². The van der Waals surface area contributed by atoms with Gasteiger partial charge in [-0.25, -0.2) is 0 Å². The van der Waals surface area contributed by atoms with E-state index in [1.54, 1.807) is 6.08 Å². The first-order valence-electron chi connectivity index (χ1n) is 6.78. The van der Waals surface area contributed by atoms with Gasteiger partial charge in [-0.15, -0.1) is 0 Å². The van der Waals surface area contributed by atoms with Gasteiger partial charge in [0.25, 0.3) is 0 Å². The highest BCUT2D eigenvalue weighted by Gasteiger charge is 2.61. The third-order valence-electron chi connectivity index (χ3n) is 4.13. The van der Waals surface area contributed by atoms with Crippen molar-refractivity contribution in [3.63, 3.8) is 0 Å². The first kappa shape index (κ1) is 15.4. The molecule has 2 rings (SSSR count). The molecule has 4 heteroatoms. The lowest BCUT2D eigenvalue weighted by Crippen LogP contribution is -2.33. The van der Waals surface area contributed by atoms with Crippen LogP contribution in [-0.2, 0) is 4.79 Å². The fourth-order valence-electron chi connectivity index (χ4n) is 2.84. The summed E-state index contributed by atoms with van der Waals surface area (Å²) in [7, 11) is 0. The molecule has 1 aromatic carbocycles. The molecule has 1 saturated carbocycles. The van der Waals surface area contributed by atoms with Crippen LogP contribution in [-0.4, -0.2) is 12.5 Å². The zero-order valence-corrected chi connectivity index (χ0v) is 13.4. The van der Waals surface area contributed by atoms with Crippen molar-refractivity contribution >= 4 is 34.8 Å². The van der Waals surface area contributed by atoms with Crippen molar-refractivity contribution in [3.05, 3.63) is 40.9 Å². The van der Waals surface area contributed by atoms with E-state index < -0.39 is 0 Å². The molecule has 2 nitrogen and oxygen atoms in total. The SMILES string of the molecule is CCN(C(=O)[C@H]1[C@@H](C=C(Cl)Cl)C1(C)C)c1ccccc1. The second-order valence-corrected chi connectivity index (χ2v) is 6.71. The number of benzene rings is 1. The quantitative estimate of drug-likeness (QED) is 0.793. The zero-order chi connectivity index (χ0) is 14.9. The molecule has 20 heavy (non-hydrogen) atoms. The molecule has 0 aliphatic heterocycles. The molecule has 1 amide bonds. The van der Waals surface area contributed by atoms with E-state index in [2.05, 4.69) is 13.8 Å². The van der Waals surface area contributed by atoms with Crippen LogP contribution in [0.25, 0.3) is 0 Å². The fraction of sp³-hybridized carbons (Fsp3) is 0.438. The summed E-state index contributed by atoms with van der Waals surface area (Å²) >= 11 is 11.5. The Labute approximate surface area is 130 Å². The second-order valence-electron chi connectivity index (χ2n) is 5.70. The van der Waals surface area contributed by atoms with Gasteiger partial charge in [0.15, 0.2) is 0 Å². The molecular weight excluding hydrogens is 293 g/mol. The molecule has 0 saturated heterocycles. The summed E-state index contributed by atoms with van der Waals surface area (Å²) < 4.78 is 0.237. The van der Waals surface area contributed by atoms with E-state index in [4.69, 9.17) is 23.2 Å². The highest BCUT2D eigenvalue weighted by Crippen LogP contribution is 2.60. The van der Waals surface area contributed by atoms with E-state index in [0.717, 1.165) is 5.69 Å². The van der Waals surface area contributed by atoms with E-state index in [-0.39, 0.29) is 27.6 Å². The van der Waals surface area contributed by atoms with Crippen LogP contribution < -0.4 is 4.90 Å². The van der Waals surface area contributed by atoms with Crippen LogP contribution in [0, 0.1) is 17.3 Å². The summed E-state index contributed by atoms with van der Waals surface area (Å²) in [6.07, 6.45) is 1.78. The molecule has 0 radical (unpaired) electrons. The van der Waals surface area contributed by atoms with Gasteiger partial charge in [-0.3, -0.25) is 4.79 Å². The zero-order valence-electron chi connectivity index (χ0n) is 11.9. The molecule has 0 N–H and O–H groups in total. The summed E-state index contributed by atoms with van der Waals surface area (Å²) in [6.45, 7) is 6.79. The van der Waals surface area contributed by atoms with Crippen molar-refractivity contribution in [3.8, 4) is 0 Å². The van der Waals surface area contributed by atoms with Crippen molar-refractivity contribution < 1.29 is 4.79 Å². The summed E-state index contributed by atoms with van der Waals surface area (Å²) in [4.78, 5) is 14.6. The standard InChI is InChI=1S/C16H19Cl2NO/c1-4-19(11-8-6-5-7-9-11)15(20)14-12(10-13(17)18)16(14,2)3/h5-10,12,14H,4H2,1-3H3/t12-,14-/m1/s1. The van der Waals surface area contributed by atoms with E-state index in [1.165, 1.54) is 0 Å². The normalized spacial score (nSPS) is 23.1. The summed E-state index contributed by atoms with van der Waals surface area (Å²) in [5.41, 5.74) is 0.844. The van der Waals surface area contributed by atoms with Gasteiger partial charge >= 0.3 is 0 Å². The smallest absolute Gasteiger partial charge is 0.231 e. The lowest BCUT2D eigenvalue weighted by atomic mass is 10.1. The van der Waals surface area contributed by atoms with Gasteiger partial charge in [-0.1, -0.05) is 55.2 Å². The Morgan fingerprint density at radius 3 is 2.40 bits per heavy atom. The number of amides is 1. The molecule has 1 fully saturated rings. The summed E-state index contributed by atoms with van der Waals surface area (Å²) in [5, 5.41) is 0. The lowest BCUT2D eigenvalue weighted by molar-refractivity contribution is -0.120. The lowest BCUT2D eigenvalue weighted by Gasteiger charge is -2.21. The number of allylic oxidation sites excluding steroid dienone is 1. The third kappa shape index (κ3) is 2.87. The minimum absolute atomic E-state index is 0.0600. The Kier molecular flexibility index (Phi) is 4.46. The van der Waals surface area contributed by atoms with Crippen LogP contribution in [0.2, 0.25) is 0 Å². The van der Waals surface area contributed by atoms with Crippen LogP contribution in [0.15, 0.2) is 40.9 Å². The van der Waals surface area contributed by atoms with Crippen LogP contribution in [0.3, 0.4) is 0 Å². The topological polar surface area (TPSA) is 20.3 Å². The van der Waals surface area contributed by atoms with Gasteiger partial charge in [0.05, 0.1) is 5.92 Å². The Bertz CT molecular complexity index is 521. The number of halogens is 2. The number of rotatable bonds is 4. The Hall–Kier alpha value is -0.990. The van der Waals surface area contributed by atoms with Crippen molar-refractivity contribution in [2.45, 2.75) is 20.8 Å². The number of hydrogen-bond acceptors (Lipinski definition) is 1. The van der Waals surface area contributed by atoms with Crippen molar-refractivity contribution in [2.75, 3.05) is 11.4 Å². The maximum Gasteiger partial charge on any atom is 0.231 e. The fourth-order valence-corrected chi connectivity index (χ4v) is 3.11. The number of hydrogen-bond donors (Lipinski definition) is 0. The largest absolute Gasteiger partial charge is 0.312 e. The summed E-state index contributed by atoms with van der Waals surface area (Å²) in [5.74, 6) is 0.187. The van der Waals surface area contributed by atoms with Crippen molar-refractivity contribution in [2.24, 2.45) is 17.3 Å². The number of carbonyl (C=O) groups is 1. The molecule has 0 heterocycles. The molecule has 1 aliphatic rings. The minimum Gasteiger partial charge on any atom is -0.312 e. The maximum absolute atomic E-state index is 12.8. The van der Waals surface area contributed by atoms with Gasteiger partial charge in [0.2, 0.25) is 5.91 Å². The van der Waals surface area contributed by atoms with Crippen molar-refractivity contribution in [1.82, 2.24) is 0 Å². The molecule has 2 atom stereocenters. The predicted molar refractivity (Wildman–Crippen MR) is 85.0 cm³/mol. The third-order valence-corrected chi connectivity index (χ3v) is 4.38. The number of para-hydroxylation sites is 1. The Morgan fingerprint density at radius 2 is 1.90 bits per heavy atom. The van der Waals surface area contributed by atoms with Crippen LogP contribution in [0.4, 0.5) is 5.69 Å². The van der Waals surface area contributed by atoms with E-state index in [1.807, 2.05) is 42.2 Å². The maximum atomic E-state index is 12.8. The summed E-state index contributed by atoms with van der Waals surface area (Å²) in [6, 6.07) is 9.74. The monoisotopic (exact) mass is 311 g/mol. The Balaban J connectivity index is 2.21. The van der Waals surface area contributed by atoms with Gasteiger partial charge < -0.3 is 4.90 Å². The number of carbonyl (C=O) groups excluding carboxylic acids is 1. The first-order chi connectivity index (χ1) is 9.39. The molecule has 0 aromatic heterocycles. The van der Waals surface area contributed by atoms with Gasteiger partial charge in [0.1, 0.15) is 4.49 Å². The first-order valence-corrected chi connectivity index (χ1v) is 7.54. The molecule has 1 aliphatic carbocycles. The average molecular weight is 312 g/mol. The molecular formula is C16H19Cl2NO. The van der Waals surface area contributed by atoms with E-state index in [0.29, 0.717) is 6.54 Å². The van der Waals surface area contributed by atoms with Crippen LogP contribution >= 0.6 is 23.2 Å². The van der Waals surface area contributed by atoms with Gasteiger partial charge in [-0.05, 0) is 36.5 Å². The number of nitrogens with zero attached hydrogens (tertiary/aromatic N) is 1. The molecule has 1 aromatic rings. The van der Waals surface area contributed by atoms with Gasteiger partial charge in [0, 0.05) is 12.2 Å². The van der Waals surface area contributed by atoms with Crippen LogP contribution in [0.1, 0.15) is 20.8 Å².